The van der Waals surface area contributed by atoms with Crippen LogP contribution in [0.3, 0.4) is 0 Å². The molecule has 0 fully saturated rings. The topological polar surface area (TPSA) is 41.8 Å². The summed E-state index contributed by atoms with van der Waals surface area (Å²) < 4.78 is 0. The molecule has 0 saturated carbocycles. The zero-order valence-electron chi connectivity index (χ0n) is 9.46. The summed E-state index contributed by atoms with van der Waals surface area (Å²) in [5.74, 6) is 0. The number of H-pyrrole nitrogens is 1. The predicted molar refractivity (Wildman–Crippen MR) is 69.7 cm³/mol. The Morgan fingerprint density at radius 3 is 2.62 bits per heavy atom. The van der Waals surface area contributed by atoms with E-state index in [9.17, 15) is 0 Å². The molecule has 3 N–H and O–H groups in total. The molecule has 0 spiro atoms. The summed E-state index contributed by atoms with van der Waals surface area (Å²) in [5, 5.41) is 3.67. The van der Waals surface area contributed by atoms with Crippen LogP contribution in [-0.2, 0) is 0 Å². The summed E-state index contributed by atoms with van der Waals surface area (Å²) in [5.41, 5.74) is 10.6. The maximum Gasteiger partial charge on any atom is 0.0465 e. The Kier molecular flexibility index (Phi) is 1.75. The number of nitrogen functional groups attached to an aromatic ring is 1. The lowest BCUT2D eigenvalue weighted by Gasteiger charge is -2.03. The molecule has 3 rings (SSSR count). The summed E-state index contributed by atoms with van der Waals surface area (Å²) >= 11 is 0. The number of fused-ring (bicyclic) bond motifs is 3. The molecule has 80 valence electrons. The third kappa shape index (κ3) is 1.07. The van der Waals surface area contributed by atoms with E-state index in [2.05, 4.69) is 37.0 Å². The molecule has 16 heavy (non-hydrogen) atoms. The molecule has 2 nitrogen and oxygen atoms in total. The first-order chi connectivity index (χ1) is 7.68. The van der Waals surface area contributed by atoms with Crippen molar-refractivity contribution in [1.29, 1.82) is 0 Å². The second-order valence-electron chi connectivity index (χ2n) is 4.31. The highest BCUT2D eigenvalue weighted by Gasteiger charge is 2.08. The predicted octanol–water partition coefficient (Wildman–Crippen LogP) is 3.52. The van der Waals surface area contributed by atoms with Gasteiger partial charge in [-0.2, -0.15) is 0 Å². The molecule has 0 aliphatic rings. The molecule has 1 heterocycles. The standard InChI is InChI=1S/C14H14N2/c1-8-9(2)16-13-7-6-10-11(14(8)13)4-3-5-12(10)15/h3-7,16H,15H2,1-2H3. The third-order valence-corrected chi connectivity index (χ3v) is 3.35. The zero-order valence-corrected chi connectivity index (χ0v) is 9.46. The van der Waals surface area contributed by atoms with Crippen LogP contribution in [0.2, 0.25) is 0 Å². The number of hydrogen-bond donors (Lipinski definition) is 2. The van der Waals surface area contributed by atoms with E-state index >= 15 is 0 Å². The summed E-state index contributed by atoms with van der Waals surface area (Å²) in [7, 11) is 0. The molecule has 0 bridgehead atoms. The molecular weight excluding hydrogens is 196 g/mol. The highest BCUT2D eigenvalue weighted by molar-refractivity contribution is 6.11. The fourth-order valence-corrected chi connectivity index (χ4v) is 2.37. The van der Waals surface area contributed by atoms with E-state index in [0.717, 1.165) is 11.1 Å². The maximum atomic E-state index is 5.99. The van der Waals surface area contributed by atoms with E-state index in [0.29, 0.717) is 0 Å². The van der Waals surface area contributed by atoms with Gasteiger partial charge < -0.3 is 10.7 Å². The molecule has 0 saturated heterocycles. The van der Waals surface area contributed by atoms with Crippen molar-refractivity contribution in [2.45, 2.75) is 13.8 Å². The van der Waals surface area contributed by atoms with Crippen LogP contribution in [-0.4, -0.2) is 4.98 Å². The van der Waals surface area contributed by atoms with Crippen LogP contribution in [0.15, 0.2) is 30.3 Å². The van der Waals surface area contributed by atoms with Gasteiger partial charge in [0.1, 0.15) is 0 Å². The molecule has 0 unspecified atom stereocenters. The monoisotopic (exact) mass is 210 g/mol. The number of aromatic amines is 1. The highest BCUT2D eigenvalue weighted by atomic mass is 14.7. The smallest absolute Gasteiger partial charge is 0.0465 e. The lowest BCUT2D eigenvalue weighted by atomic mass is 10.0. The molecule has 2 heteroatoms. The number of benzene rings is 2. The minimum absolute atomic E-state index is 0.845. The van der Waals surface area contributed by atoms with Crippen molar-refractivity contribution in [3.63, 3.8) is 0 Å². The second kappa shape index (κ2) is 3.01. The van der Waals surface area contributed by atoms with Gasteiger partial charge in [-0.25, -0.2) is 0 Å². The van der Waals surface area contributed by atoms with Gasteiger partial charge in [-0.3, -0.25) is 0 Å². The van der Waals surface area contributed by atoms with Gasteiger partial charge in [0.2, 0.25) is 0 Å². The SMILES string of the molecule is Cc1[nH]c2ccc3c(N)cccc3c2c1C. The molecule has 0 radical (unpaired) electrons. The molecule has 0 amide bonds. The fraction of sp³-hybridized carbons (Fsp3) is 0.143. The van der Waals surface area contributed by atoms with E-state index < -0.39 is 0 Å². The first-order valence-corrected chi connectivity index (χ1v) is 5.44. The molecule has 3 aromatic rings. The quantitative estimate of drug-likeness (QED) is 0.548. The largest absolute Gasteiger partial charge is 0.398 e. The maximum absolute atomic E-state index is 5.99. The molecular formula is C14H14N2. The average Bonchev–Trinajstić information content (AvgIpc) is 2.56. The molecule has 0 aliphatic carbocycles. The van der Waals surface area contributed by atoms with Crippen molar-refractivity contribution in [3.8, 4) is 0 Å². The van der Waals surface area contributed by atoms with E-state index in [4.69, 9.17) is 5.73 Å². The van der Waals surface area contributed by atoms with Gasteiger partial charge in [0.25, 0.3) is 0 Å². The first-order valence-electron chi connectivity index (χ1n) is 5.44. The van der Waals surface area contributed by atoms with Crippen molar-refractivity contribution < 1.29 is 0 Å². The number of aromatic nitrogens is 1. The minimum Gasteiger partial charge on any atom is -0.398 e. The van der Waals surface area contributed by atoms with Gasteiger partial charge in [-0.05, 0) is 36.9 Å². The van der Waals surface area contributed by atoms with Crippen LogP contribution in [0, 0.1) is 13.8 Å². The Hall–Kier alpha value is -1.96. The van der Waals surface area contributed by atoms with Crippen molar-refractivity contribution in [1.82, 2.24) is 4.98 Å². The van der Waals surface area contributed by atoms with E-state index in [1.165, 1.54) is 27.5 Å². The Balaban J connectivity index is 2.63. The van der Waals surface area contributed by atoms with Crippen LogP contribution in [0.4, 0.5) is 5.69 Å². The van der Waals surface area contributed by atoms with Gasteiger partial charge in [-0.1, -0.05) is 18.2 Å². The number of rotatable bonds is 0. The summed E-state index contributed by atoms with van der Waals surface area (Å²) in [6.45, 7) is 4.25. The van der Waals surface area contributed by atoms with Crippen molar-refractivity contribution in [2.75, 3.05) is 5.73 Å². The number of nitrogens with one attached hydrogen (secondary N) is 1. The Morgan fingerprint density at radius 2 is 1.81 bits per heavy atom. The Labute approximate surface area is 94.1 Å². The fourth-order valence-electron chi connectivity index (χ4n) is 2.37. The third-order valence-electron chi connectivity index (χ3n) is 3.35. The molecule has 0 aliphatic heterocycles. The van der Waals surface area contributed by atoms with E-state index in [1.54, 1.807) is 0 Å². The lowest BCUT2D eigenvalue weighted by molar-refractivity contribution is 1.25. The summed E-state index contributed by atoms with van der Waals surface area (Å²) in [4.78, 5) is 3.40. The highest BCUT2D eigenvalue weighted by Crippen LogP contribution is 2.31. The number of hydrogen-bond acceptors (Lipinski definition) is 1. The van der Waals surface area contributed by atoms with Crippen molar-refractivity contribution >= 4 is 27.4 Å². The van der Waals surface area contributed by atoms with Crippen molar-refractivity contribution in [2.24, 2.45) is 0 Å². The Morgan fingerprint density at radius 1 is 1.00 bits per heavy atom. The van der Waals surface area contributed by atoms with Gasteiger partial charge in [0, 0.05) is 27.7 Å². The molecule has 0 atom stereocenters. The van der Waals surface area contributed by atoms with Gasteiger partial charge in [0.15, 0.2) is 0 Å². The second-order valence-corrected chi connectivity index (χ2v) is 4.31. The average molecular weight is 210 g/mol. The lowest BCUT2D eigenvalue weighted by Crippen LogP contribution is -1.86. The van der Waals surface area contributed by atoms with Crippen LogP contribution >= 0.6 is 0 Å². The van der Waals surface area contributed by atoms with Crippen molar-refractivity contribution in [3.05, 3.63) is 41.6 Å². The molecule has 1 aromatic heterocycles. The number of anilines is 1. The van der Waals surface area contributed by atoms with Crippen LogP contribution in [0.25, 0.3) is 21.7 Å². The summed E-state index contributed by atoms with van der Waals surface area (Å²) in [6, 6.07) is 10.3. The van der Waals surface area contributed by atoms with E-state index in [-0.39, 0.29) is 0 Å². The van der Waals surface area contributed by atoms with Crippen LogP contribution in [0.5, 0.6) is 0 Å². The van der Waals surface area contributed by atoms with Crippen LogP contribution in [0.1, 0.15) is 11.3 Å². The van der Waals surface area contributed by atoms with Gasteiger partial charge in [-0.15, -0.1) is 0 Å². The Bertz CT molecular complexity index is 693. The molecule has 2 aromatic carbocycles. The minimum atomic E-state index is 0.845. The normalized spacial score (nSPS) is 11.4. The van der Waals surface area contributed by atoms with E-state index in [1.807, 2.05) is 12.1 Å². The summed E-state index contributed by atoms with van der Waals surface area (Å²) in [6.07, 6.45) is 0. The number of nitrogens with two attached hydrogens (primary N) is 1. The van der Waals surface area contributed by atoms with Gasteiger partial charge in [0.05, 0.1) is 0 Å². The van der Waals surface area contributed by atoms with Crippen LogP contribution < -0.4 is 5.73 Å². The zero-order chi connectivity index (χ0) is 11.3. The van der Waals surface area contributed by atoms with Gasteiger partial charge >= 0.3 is 0 Å². The first kappa shape index (κ1) is 9.28. The number of aryl methyl sites for hydroxylation is 2.